The molecule has 2 amide bonds. The minimum absolute atomic E-state index is 0.0745. The van der Waals surface area contributed by atoms with Gasteiger partial charge in [0.1, 0.15) is 5.60 Å². The van der Waals surface area contributed by atoms with Crippen LogP contribution in [0.2, 0.25) is 0 Å². The molecule has 6 nitrogen and oxygen atoms in total. The van der Waals surface area contributed by atoms with Crippen LogP contribution in [0.3, 0.4) is 0 Å². The molecule has 0 aromatic heterocycles. The van der Waals surface area contributed by atoms with Crippen LogP contribution in [0, 0.1) is 11.8 Å². The van der Waals surface area contributed by atoms with Crippen molar-refractivity contribution in [3.05, 3.63) is 29.8 Å². The molecular weight excluding hydrogens is 390 g/mol. The van der Waals surface area contributed by atoms with E-state index in [9.17, 15) is 9.59 Å². The minimum Gasteiger partial charge on any atom is -0.444 e. The van der Waals surface area contributed by atoms with Crippen LogP contribution in [0.15, 0.2) is 24.3 Å². The average molecular weight is 430 g/mol. The Morgan fingerprint density at radius 1 is 0.968 bits per heavy atom. The van der Waals surface area contributed by atoms with Crippen LogP contribution in [0.25, 0.3) is 0 Å². The maximum absolute atomic E-state index is 12.3. The summed E-state index contributed by atoms with van der Waals surface area (Å²) in [6.45, 7) is 12.2. The Kier molecular flexibility index (Phi) is 7.50. The van der Waals surface area contributed by atoms with Crippen molar-refractivity contribution in [3.63, 3.8) is 0 Å². The molecule has 0 radical (unpaired) electrons. The van der Waals surface area contributed by atoms with E-state index in [1.165, 1.54) is 18.5 Å². The van der Waals surface area contributed by atoms with Gasteiger partial charge in [-0.3, -0.25) is 4.79 Å². The van der Waals surface area contributed by atoms with Gasteiger partial charge in [0.2, 0.25) is 0 Å². The number of carbonyl (C=O) groups excluding carboxylic acids is 2. The maximum Gasteiger partial charge on any atom is 0.410 e. The van der Waals surface area contributed by atoms with E-state index in [-0.39, 0.29) is 12.0 Å². The molecule has 0 unspecified atom stereocenters. The Morgan fingerprint density at radius 3 is 1.97 bits per heavy atom. The highest BCUT2D eigenvalue weighted by Gasteiger charge is 2.32. The van der Waals surface area contributed by atoms with Gasteiger partial charge in [0.05, 0.1) is 0 Å². The van der Waals surface area contributed by atoms with E-state index in [1.807, 2.05) is 51.8 Å². The third-order valence-electron chi connectivity index (χ3n) is 6.70. The standard InChI is InChI=1S/C25H39N3O3/c1-6-26(5)23(29)21-7-9-22(10-8-21)27-15-11-19(12-16-27)20-13-17-28(18-14-20)24(30)31-25(2,3)4/h7-10,19-20H,6,11-18H2,1-5H3. The van der Waals surface area contributed by atoms with Crippen molar-refractivity contribution in [2.24, 2.45) is 11.8 Å². The zero-order valence-corrected chi connectivity index (χ0v) is 19.9. The topological polar surface area (TPSA) is 53.1 Å². The molecule has 2 saturated heterocycles. The van der Waals surface area contributed by atoms with Gasteiger partial charge in [0.25, 0.3) is 5.91 Å². The van der Waals surface area contributed by atoms with E-state index in [2.05, 4.69) is 17.0 Å². The number of benzene rings is 1. The van der Waals surface area contributed by atoms with Crippen molar-refractivity contribution in [2.45, 2.75) is 59.0 Å². The SMILES string of the molecule is CCN(C)C(=O)c1ccc(N2CCC(C3CCN(C(=O)OC(C)(C)C)CC3)CC2)cc1. The molecule has 2 fully saturated rings. The molecule has 31 heavy (non-hydrogen) atoms. The Hall–Kier alpha value is -2.24. The van der Waals surface area contributed by atoms with Crippen molar-refractivity contribution in [3.8, 4) is 0 Å². The first-order valence-electron chi connectivity index (χ1n) is 11.8. The first kappa shape index (κ1) is 23.4. The van der Waals surface area contributed by atoms with Crippen molar-refractivity contribution >= 4 is 17.7 Å². The second-order valence-corrected chi connectivity index (χ2v) is 10.00. The van der Waals surface area contributed by atoms with Gasteiger partial charge in [0.15, 0.2) is 0 Å². The number of amides is 2. The summed E-state index contributed by atoms with van der Waals surface area (Å²) in [7, 11) is 1.83. The van der Waals surface area contributed by atoms with Crippen molar-refractivity contribution in [1.82, 2.24) is 9.80 Å². The van der Waals surface area contributed by atoms with Gasteiger partial charge in [-0.1, -0.05) is 0 Å². The Labute approximate surface area is 187 Å². The second-order valence-electron chi connectivity index (χ2n) is 10.00. The molecule has 2 aliphatic rings. The zero-order chi connectivity index (χ0) is 22.6. The minimum atomic E-state index is -0.432. The fourth-order valence-corrected chi connectivity index (χ4v) is 4.69. The number of likely N-dealkylation sites (tertiary alicyclic amines) is 1. The molecule has 172 valence electrons. The quantitative estimate of drug-likeness (QED) is 0.700. The third-order valence-corrected chi connectivity index (χ3v) is 6.70. The summed E-state index contributed by atoms with van der Waals surface area (Å²) in [5.41, 5.74) is 1.52. The number of carbonyl (C=O) groups is 2. The van der Waals surface area contributed by atoms with E-state index in [4.69, 9.17) is 4.74 Å². The lowest BCUT2D eigenvalue weighted by atomic mass is 9.79. The van der Waals surface area contributed by atoms with Gasteiger partial charge in [-0.05, 0) is 89.5 Å². The highest BCUT2D eigenvalue weighted by atomic mass is 16.6. The molecule has 0 spiro atoms. The van der Waals surface area contributed by atoms with Gasteiger partial charge in [0, 0.05) is 51.0 Å². The number of nitrogens with zero attached hydrogens (tertiary/aromatic N) is 3. The molecule has 3 rings (SSSR count). The first-order chi connectivity index (χ1) is 14.7. The molecule has 2 aliphatic heterocycles. The number of anilines is 1. The predicted molar refractivity (Wildman–Crippen MR) is 125 cm³/mol. The predicted octanol–water partition coefficient (Wildman–Crippen LogP) is 4.64. The van der Waals surface area contributed by atoms with Crippen molar-refractivity contribution < 1.29 is 14.3 Å². The number of piperidine rings is 2. The largest absolute Gasteiger partial charge is 0.444 e. The molecular formula is C25H39N3O3. The fourth-order valence-electron chi connectivity index (χ4n) is 4.69. The molecule has 0 saturated carbocycles. The van der Waals surface area contributed by atoms with Crippen LogP contribution in [-0.2, 0) is 4.74 Å². The Morgan fingerprint density at radius 2 is 1.48 bits per heavy atom. The lowest BCUT2D eigenvalue weighted by Gasteiger charge is -2.41. The van der Waals surface area contributed by atoms with E-state index in [1.54, 1.807) is 4.90 Å². The summed E-state index contributed by atoms with van der Waals surface area (Å²) in [5.74, 6) is 1.51. The summed E-state index contributed by atoms with van der Waals surface area (Å²) in [4.78, 5) is 30.6. The van der Waals surface area contributed by atoms with E-state index in [0.717, 1.165) is 50.5 Å². The number of rotatable bonds is 4. The number of ether oxygens (including phenoxy) is 1. The van der Waals surface area contributed by atoms with E-state index >= 15 is 0 Å². The molecule has 0 bridgehead atoms. The van der Waals surface area contributed by atoms with Gasteiger partial charge in [-0.2, -0.15) is 0 Å². The highest BCUT2D eigenvalue weighted by Crippen LogP contribution is 2.34. The van der Waals surface area contributed by atoms with Crippen LogP contribution in [0.1, 0.15) is 63.7 Å². The fraction of sp³-hybridized carbons (Fsp3) is 0.680. The molecule has 6 heteroatoms. The monoisotopic (exact) mass is 429 g/mol. The smallest absolute Gasteiger partial charge is 0.410 e. The Balaban J connectivity index is 1.46. The summed E-state index contributed by atoms with van der Waals surface area (Å²) in [6, 6.07) is 8.05. The molecule has 2 heterocycles. The van der Waals surface area contributed by atoms with Crippen molar-refractivity contribution in [2.75, 3.05) is 44.7 Å². The van der Waals surface area contributed by atoms with Crippen LogP contribution in [-0.4, -0.2) is 67.2 Å². The van der Waals surface area contributed by atoms with Crippen LogP contribution in [0.5, 0.6) is 0 Å². The zero-order valence-electron chi connectivity index (χ0n) is 19.9. The van der Waals surface area contributed by atoms with Gasteiger partial charge in [-0.25, -0.2) is 4.79 Å². The summed E-state index contributed by atoms with van der Waals surface area (Å²) in [6.07, 6.45) is 4.36. The molecule has 1 aromatic carbocycles. The average Bonchev–Trinajstić information content (AvgIpc) is 2.77. The molecule has 1 aromatic rings. The first-order valence-corrected chi connectivity index (χ1v) is 11.8. The molecule has 0 atom stereocenters. The van der Waals surface area contributed by atoms with Gasteiger partial charge >= 0.3 is 6.09 Å². The summed E-state index contributed by atoms with van der Waals surface area (Å²) < 4.78 is 5.52. The van der Waals surface area contributed by atoms with Crippen LogP contribution < -0.4 is 4.90 Å². The van der Waals surface area contributed by atoms with Crippen LogP contribution in [0.4, 0.5) is 10.5 Å². The number of hydrogen-bond acceptors (Lipinski definition) is 4. The summed E-state index contributed by atoms with van der Waals surface area (Å²) >= 11 is 0. The normalized spacial score (nSPS) is 18.7. The maximum atomic E-state index is 12.3. The Bertz CT molecular complexity index is 740. The van der Waals surface area contributed by atoms with Crippen molar-refractivity contribution in [1.29, 1.82) is 0 Å². The lowest BCUT2D eigenvalue weighted by Crippen LogP contribution is -2.44. The molecule has 0 N–H and O–H groups in total. The molecule has 0 aliphatic carbocycles. The van der Waals surface area contributed by atoms with E-state index in [0.29, 0.717) is 12.5 Å². The highest BCUT2D eigenvalue weighted by molar-refractivity contribution is 5.94. The summed E-state index contributed by atoms with van der Waals surface area (Å²) in [5, 5.41) is 0. The van der Waals surface area contributed by atoms with Gasteiger partial charge in [-0.15, -0.1) is 0 Å². The number of hydrogen-bond donors (Lipinski definition) is 0. The lowest BCUT2D eigenvalue weighted by molar-refractivity contribution is 0.0152. The second kappa shape index (κ2) is 9.92. The van der Waals surface area contributed by atoms with Gasteiger partial charge < -0.3 is 19.4 Å². The van der Waals surface area contributed by atoms with Crippen LogP contribution >= 0.6 is 0 Å². The van der Waals surface area contributed by atoms with E-state index < -0.39 is 5.60 Å². The third kappa shape index (κ3) is 6.14.